The first-order valence-electron chi connectivity index (χ1n) is 6.57. The van der Waals surface area contributed by atoms with E-state index in [9.17, 15) is 4.79 Å². The third-order valence-electron chi connectivity index (χ3n) is 3.51. The Balaban J connectivity index is 2.09. The number of carbonyl (C=O) groups excluding carboxylic acids is 1. The lowest BCUT2D eigenvalue weighted by molar-refractivity contribution is 0.0568. The standard InChI is InChI=1S/C13H21N3OS/c1-9-3-4-10(2)16(7-9)13(17)11-8-18-12(15-11)5-6-14/h8-10H,3-7,14H2,1-2H3/t9-,10-/m1/s1. The Morgan fingerprint density at radius 3 is 3.06 bits per heavy atom. The summed E-state index contributed by atoms with van der Waals surface area (Å²) < 4.78 is 0. The fourth-order valence-corrected chi connectivity index (χ4v) is 3.15. The average Bonchev–Trinajstić information content (AvgIpc) is 2.80. The molecule has 1 aromatic rings. The van der Waals surface area contributed by atoms with Gasteiger partial charge in [0, 0.05) is 24.4 Å². The van der Waals surface area contributed by atoms with Crippen LogP contribution in [0.2, 0.25) is 0 Å². The van der Waals surface area contributed by atoms with Crippen molar-refractivity contribution < 1.29 is 4.79 Å². The Hall–Kier alpha value is -0.940. The van der Waals surface area contributed by atoms with Gasteiger partial charge in [0.15, 0.2) is 0 Å². The number of piperidine rings is 1. The molecule has 0 bridgehead atoms. The van der Waals surface area contributed by atoms with Gasteiger partial charge in [-0.1, -0.05) is 6.92 Å². The Labute approximate surface area is 112 Å². The second-order valence-corrected chi connectivity index (χ2v) is 6.10. The van der Waals surface area contributed by atoms with Gasteiger partial charge >= 0.3 is 0 Å². The molecule has 0 spiro atoms. The van der Waals surface area contributed by atoms with Gasteiger partial charge in [0.05, 0.1) is 5.01 Å². The molecule has 0 aromatic carbocycles. The maximum Gasteiger partial charge on any atom is 0.273 e. The highest BCUT2D eigenvalue weighted by Gasteiger charge is 2.28. The summed E-state index contributed by atoms with van der Waals surface area (Å²) in [5.41, 5.74) is 6.09. The second-order valence-electron chi connectivity index (χ2n) is 5.15. The van der Waals surface area contributed by atoms with Crippen molar-refractivity contribution >= 4 is 17.2 Å². The molecular formula is C13H21N3OS. The monoisotopic (exact) mass is 267 g/mol. The summed E-state index contributed by atoms with van der Waals surface area (Å²) in [5, 5.41) is 2.82. The van der Waals surface area contributed by atoms with Crippen LogP contribution in [0, 0.1) is 5.92 Å². The zero-order valence-electron chi connectivity index (χ0n) is 11.1. The molecule has 1 aliphatic heterocycles. The van der Waals surface area contributed by atoms with E-state index in [0.717, 1.165) is 24.4 Å². The van der Waals surface area contributed by atoms with Crippen molar-refractivity contribution in [3.05, 3.63) is 16.1 Å². The number of likely N-dealkylation sites (tertiary alicyclic amines) is 1. The highest BCUT2D eigenvalue weighted by atomic mass is 32.1. The van der Waals surface area contributed by atoms with Crippen LogP contribution in [-0.2, 0) is 6.42 Å². The molecule has 1 amide bonds. The van der Waals surface area contributed by atoms with Gasteiger partial charge in [0.25, 0.3) is 5.91 Å². The maximum atomic E-state index is 12.4. The number of aromatic nitrogens is 1. The third-order valence-corrected chi connectivity index (χ3v) is 4.42. The number of hydrogen-bond acceptors (Lipinski definition) is 4. The summed E-state index contributed by atoms with van der Waals surface area (Å²) in [6.45, 7) is 5.76. The number of nitrogens with zero attached hydrogens (tertiary/aromatic N) is 2. The summed E-state index contributed by atoms with van der Waals surface area (Å²) in [5.74, 6) is 0.667. The lowest BCUT2D eigenvalue weighted by Gasteiger charge is -2.36. The van der Waals surface area contributed by atoms with Crippen LogP contribution in [0.5, 0.6) is 0 Å². The topological polar surface area (TPSA) is 59.2 Å². The first-order valence-corrected chi connectivity index (χ1v) is 7.45. The van der Waals surface area contributed by atoms with Gasteiger partial charge in [-0.15, -0.1) is 11.3 Å². The first kappa shape index (κ1) is 13.5. The van der Waals surface area contributed by atoms with Gasteiger partial charge in [-0.2, -0.15) is 0 Å². The van der Waals surface area contributed by atoms with Gasteiger partial charge in [0.2, 0.25) is 0 Å². The number of carbonyl (C=O) groups is 1. The van der Waals surface area contributed by atoms with Crippen LogP contribution >= 0.6 is 11.3 Å². The molecule has 18 heavy (non-hydrogen) atoms. The zero-order chi connectivity index (χ0) is 13.1. The van der Waals surface area contributed by atoms with E-state index in [1.54, 1.807) is 0 Å². The number of hydrogen-bond donors (Lipinski definition) is 1. The minimum Gasteiger partial charge on any atom is -0.334 e. The molecule has 5 heteroatoms. The summed E-state index contributed by atoms with van der Waals surface area (Å²) in [6.07, 6.45) is 3.05. The average molecular weight is 267 g/mol. The minimum atomic E-state index is 0.0774. The summed E-state index contributed by atoms with van der Waals surface area (Å²) >= 11 is 1.53. The molecule has 2 heterocycles. The van der Waals surface area contributed by atoms with Crippen LogP contribution in [0.4, 0.5) is 0 Å². The van der Waals surface area contributed by atoms with Gasteiger partial charge in [-0.25, -0.2) is 4.98 Å². The molecule has 2 N–H and O–H groups in total. The molecule has 1 fully saturated rings. The molecule has 0 unspecified atom stereocenters. The van der Waals surface area contributed by atoms with E-state index in [1.807, 2.05) is 10.3 Å². The van der Waals surface area contributed by atoms with Crippen molar-refractivity contribution in [2.24, 2.45) is 11.7 Å². The van der Waals surface area contributed by atoms with Crippen LogP contribution in [0.3, 0.4) is 0 Å². The minimum absolute atomic E-state index is 0.0774. The van der Waals surface area contributed by atoms with Crippen molar-refractivity contribution in [1.29, 1.82) is 0 Å². The van der Waals surface area contributed by atoms with Crippen molar-refractivity contribution in [3.63, 3.8) is 0 Å². The molecule has 0 aliphatic carbocycles. The smallest absolute Gasteiger partial charge is 0.273 e. The predicted molar refractivity (Wildman–Crippen MR) is 73.8 cm³/mol. The van der Waals surface area contributed by atoms with Crippen molar-refractivity contribution in [3.8, 4) is 0 Å². The highest BCUT2D eigenvalue weighted by Crippen LogP contribution is 2.23. The lowest BCUT2D eigenvalue weighted by Crippen LogP contribution is -2.45. The quantitative estimate of drug-likeness (QED) is 0.910. The van der Waals surface area contributed by atoms with Gasteiger partial charge in [0.1, 0.15) is 5.69 Å². The van der Waals surface area contributed by atoms with Crippen LogP contribution < -0.4 is 5.73 Å². The lowest BCUT2D eigenvalue weighted by atomic mass is 9.95. The highest BCUT2D eigenvalue weighted by molar-refractivity contribution is 7.09. The van der Waals surface area contributed by atoms with Gasteiger partial charge in [-0.05, 0) is 32.2 Å². The molecule has 2 rings (SSSR count). The molecule has 1 saturated heterocycles. The number of thiazole rings is 1. The summed E-state index contributed by atoms with van der Waals surface area (Å²) in [7, 11) is 0. The number of nitrogens with two attached hydrogens (primary N) is 1. The van der Waals surface area contributed by atoms with Crippen molar-refractivity contribution in [2.45, 2.75) is 39.2 Å². The number of rotatable bonds is 3. The molecule has 100 valence electrons. The summed E-state index contributed by atoms with van der Waals surface area (Å²) in [6, 6.07) is 0.327. The molecule has 0 radical (unpaired) electrons. The Kier molecular flexibility index (Phi) is 4.35. The normalized spacial score (nSPS) is 24.3. The van der Waals surface area contributed by atoms with Crippen LogP contribution in [-0.4, -0.2) is 34.9 Å². The Morgan fingerprint density at radius 2 is 2.33 bits per heavy atom. The molecule has 4 nitrogen and oxygen atoms in total. The van der Waals surface area contributed by atoms with Gasteiger partial charge in [-0.3, -0.25) is 4.79 Å². The first-order chi connectivity index (χ1) is 8.61. The predicted octanol–water partition coefficient (Wildman–Crippen LogP) is 1.90. The van der Waals surface area contributed by atoms with E-state index in [1.165, 1.54) is 17.8 Å². The van der Waals surface area contributed by atoms with E-state index in [0.29, 0.717) is 24.2 Å². The van der Waals surface area contributed by atoms with Crippen molar-refractivity contribution in [2.75, 3.05) is 13.1 Å². The molecular weight excluding hydrogens is 246 g/mol. The van der Waals surface area contributed by atoms with E-state index in [4.69, 9.17) is 5.73 Å². The molecule has 0 saturated carbocycles. The zero-order valence-corrected chi connectivity index (χ0v) is 11.9. The van der Waals surface area contributed by atoms with E-state index in [-0.39, 0.29) is 5.91 Å². The molecule has 1 aliphatic rings. The van der Waals surface area contributed by atoms with Crippen LogP contribution in [0.15, 0.2) is 5.38 Å². The van der Waals surface area contributed by atoms with Gasteiger partial charge < -0.3 is 10.6 Å². The Bertz CT molecular complexity index is 418. The van der Waals surface area contributed by atoms with E-state index >= 15 is 0 Å². The fourth-order valence-electron chi connectivity index (χ4n) is 2.37. The fraction of sp³-hybridized carbons (Fsp3) is 0.692. The summed E-state index contributed by atoms with van der Waals surface area (Å²) in [4.78, 5) is 18.8. The van der Waals surface area contributed by atoms with Crippen molar-refractivity contribution in [1.82, 2.24) is 9.88 Å². The van der Waals surface area contributed by atoms with E-state index < -0.39 is 0 Å². The second kappa shape index (κ2) is 5.80. The third kappa shape index (κ3) is 2.90. The Morgan fingerprint density at radius 1 is 1.56 bits per heavy atom. The van der Waals surface area contributed by atoms with E-state index in [2.05, 4.69) is 18.8 Å². The SMILES string of the molecule is C[C@@H]1CC[C@@H](C)N(C(=O)c2csc(CCN)n2)C1. The molecule has 1 aromatic heterocycles. The largest absolute Gasteiger partial charge is 0.334 e. The van der Waals surface area contributed by atoms with Crippen LogP contribution in [0.1, 0.15) is 42.2 Å². The number of amides is 1. The maximum absolute atomic E-state index is 12.4. The molecule has 2 atom stereocenters. The van der Waals surface area contributed by atoms with Crippen LogP contribution in [0.25, 0.3) is 0 Å².